The Morgan fingerprint density at radius 2 is 2.23 bits per heavy atom. The van der Waals surface area contributed by atoms with E-state index in [-0.39, 0.29) is 18.6 Å². The molecule has 0 aliphatic carbocycles. The quantitative estimate of drug-likeness (QED) is 0.829. The van der Waals surface area contributed by atoms with E-state index in [4.69, 9.17) is 22.1 Å². The SMILES string of the molecule is CN(Cc1nccc(N)n1)[C@H]1CCN(C(=O)COc2ccccc2Cl)C1. The van der Waals surface area contributed by atoms with Crippen molar-refractivity contribution in [1.29, 1.82) is 0 Å². The predicted molar refractivity (Wildman–Crippen MR) is 99.8 cm³/mol. The Morgan fingerprint density at radius 1 is 1.42 bits per heavy atom. The molecule has 0 spiro atoms. The largest absolute Gasteiger partial charge is 0.482 e. The second-order valence-electron chi connectivity index (χ2n) is 6.31. The zero-order valence-electron chi connectivity index (χ0n) is 14.6. The summed E-state index contributed by atoms with van der Waals surface area (Å²) in [6.45, 7) is 1.94. The number of halogens is 1. The molecule has 2 aromatic rings. The Hall–Kier alpha value is -2.38. The second-order valence-corrected chi connectivity index (χ2v) is 6.72. The Morgan fingerprint density at radius 3 is 3.00 bits per heavy atom. The first-order valence-electron chi connectivity index (χ1n) is 8.45. The topological polar surface area (TPSA) is 84.6 Å². The van der Waals surface area contributed by atoms with Crippen molar-refractivity contribution in [1.82, 2.24) is 19.8 Å². The summed E-state index contributed by atoms with van der Waals surface area (Å²) >= 11 is 6.04. The van der Waals surface area contributed by atoms with Crippen LogP contribution in [0, 0.1) is 0 Å². The Balaban J connectivity index is 1.49. The molecule has 0 saturated carbocycles. The molecule has 1 aromatic carbocycles. The Bertz CT molecular complexity index is 773. The van der Waals surface area contributed by atoms with Gasteiger partial charge in [-0.15, -0.1) is 0 Å². The molecular formula is C18H22ClN5O2. The number of hydrogen-bond acceptors (Lipinski definition) is 6. The molecular weight excluding hydrogens is 354 g/mol. The average Bonchev–Trinajstić information content (AvgIpc) is 3.11. The van der Waals surface area contributed by atoms with Gasteiger partial charge in [0.05, 0.1) is 11.6 Å². The third kappa shape index (κ3) is 4.62. The lowest BCUT2D eigenvalue weighted by atomic mass is 10.2. The molecule has 1 amide bonds. The summed E-state index contributed by atoms with van der Waals surface area (Å²) in [5, 5.41) is 0.501. The van der Waals surface area contributed by atoms with Crippen molar-refractivity contribution in [2.24, 2.45) is 0 Å². The lowest BCUT2D eigenvalue weighted by Crippen LogP contribution is -2.38. The summed E-state index contributed by atoms with van der Waals surface area (Å²) in [4.78, 5) is 24.8. The first-order chi connectivity index (χ1) is 12.5. The van der Waals surface area contributed by atoms with Crippen LogP contribution in [0.25, 0.3) is 0 Å². The number of anilines is 1. The lowest BCUT2D eigenvalue weighted by molar-refractivity contribution is -0.132. The number of benzene rings is 1. The van der Waals surface area contributed by atoms with Gasteiger partial charge in [-0.05, 0) is 31.7 Å². The highest BCUT2D eigenvalue weighted by atomic mass is 35.5. The minimum absolute atomic E-state index is 0.0154. The number of carbonyl (C=O) groups excluding carboxylic acids is 1. The van der Waals surface area contributed by atoms with Crippen LogP contribution in [-0.2, 0) is 11.3 Å². The van der Waals surface area contributed by atoms with Crippen LogP contribution in [0.3, 0.4) is 0 Å². The van der Waals surface area contributed by atoms with E-state index < -0.39 is 0 Å². The fraction of sp³-hybridized carbons (Fsp3) is 0.389. The smallest absolute Gasteiger partial charge is 0.260 e. The molecule has 1 atom stereocenters. The second kappa shape index (κ2) is 8.33. The molecule has 1 saturated heterocycles. The molecule has 0 radical (unpaired) electrons. The minimum atomic E-state index is -0.0407. The van der Waals surface area contributed by atoms with Gasteiger partial charge in [0.2, 0.25) is 0 Å². The molecule has 1 aromatic heterocycles. The maximum absolute atomic E-state index is 12.4. The maximum Gasteiger partial charge on any atom is 0.260 e. The fourth-order valence-corrected chi connectivity index (χ4v) is 3.15. The molecule has 8 heteroatoms. The highest BCUT2D eigenvalue weighted by Gasteiger charge is 2.29. The summed E-state index contributed by atoms with van der Waals surface area (Å²) < 4.78 is 5.54. The van der Waals surface area contributed by atoms with Crippen LogP contribution in [0.1, 0.15) is 12.2 Å². The zero-order chi connectivity index (χ0) is 18.5. The molecule has 2 heterocycles. The number of para-hydroxylation sites is 1. The molecule has 0 unspecified atom stereocenters. The summed E-state index contributed by atoms with van der Waals surface area (Å²) in [5.41, 5.74) is 5.70. The molecule has 3 rings (SSSR count). The molecule has 2 N–H and O–H groups in total. The number of carbonyl (C=O) groups is 1. The normalized spacial score (nSPS) is 16.9. The number of likely N-dealkylation sites (N-methyl/N-ethyl adjacent to an activating group) is 1. The first-order valence-corrected chi connectivity index (χ1v) is 8.83. The van der Waals surface area contributed by atoms with Crippen LogP contribution in [0.5, 0.6) is 5.75 Å². The summed E-state index contributed by atoms with van der Waals surface area (Å²) in [6.07, 6.45) is 2.55. The van der Waals surface area contributed by atoms with E-state index in [1.54, 1.807) is 24.4 Å². The summed E-state index contributed by atoms with van der Waals surface area (Å²) in [7, 11) is 2.01. The van der Waals surface area contributed by atoms with E-state index in [0.29, 0.717) is 42.0 Å². The number of hydrogen-bond donors (Lipinski definition) is 1. The van der Waals surface area contributed by atoms with Gasteiger partial charge in [0, 0.05) is 25.3 Å². The minimum Gasteiger partial charge on any atom is -0.482 e. The summed E-state index contributed by atoms with van der Waals surface area (Å²) in [6, 6.07) is 9.05. The van der Waals surface area contributed by atoms with Gasteiger partial charge in [0.1, 0.15) is 17.4 Å². The van der Waals surface area contributed by atoms with Gasteiger partial charge in [0.25, 0.3) is 5.91 Å². The van der Waals surface area contributed by atoms with Crippen molar-refractivity contribution in [3.8, 4) is 5.75 Å². The van der Waals surface area contributed by atoms with Gasteiger partial charge >= 0.3 is 0 Å². The standard InChI is InChI=1S/C18H22ClN5O2/c1-23(11-17-21-8-6-16(20)22-17)13-7-9-24(10-13)18(25)12-26-15-5-3-2-4-14(15)19/h2-6,8,13H,7,9-12H2,1H3,(H2,20,21,22)/t13-/m0/s1. The highest BCUT2D eigenvalue weighted by Crippen LogP contribution is 2.23. The van der Waals surface area contributed by atoms with E-state index in [1.165, 1.54) is 0 Å². The molecule has 26 heavy (non-hydrogen) atoms. The number of aromatic nitrogens is 2. The number of nitrogens with zero attached hydrogens (tertiary/aromatic N) is 4. The third-order valence-electron chi connectivity index (χ3n) is 4.45. The molecule has 1 fully saturated rings. The van der Waals surface area contributed by atoms with Gasteiger partial charge in [0.15, 0.2) is 6.61 Å². The number of rotatable bonds is 6. The first kappa shape index (κ1) is 18.4. The van der Waals surface area contributed by atoms with Crippen LogP contribution in [0.2, 0.25) is 5.02 Å². The Kier molecular flexibility index (Phi) is 5.90. The van der Waals surface area contributed by atoms with Crippen molar-refractivity contribution in [3.63, 3.8) is 0 Å². The van der Waals surface area contributed by atoms with Crippen molar-refractivity contribution >= 4 is 23.3 Å². The molecule has 138 valence electrons. The number of likely N-dealkylation sites (tertiary alicyclic amines) is 1. The van der Waals surface area contributed by atoms with Crippen LogP contribution < -0.4 is 10.5 Å². The van der Waals surface area contributed by atoms with Gasteiger partial charge in [-0.3, -0.25) is 9.69 Å². The monoisotopic (exact) mass is 375 g/mol. The van der Waals surface area contributed by atoms with E-state index in [0.717, 1.165) is 6.42 Å². The fourth-order valence-electron chi connectivity index (χ4n) is 2.96. The van der Waals surface area contributed by atoms with Gasteiger partial charge in [-0.25, -0.2) is 9.97 Å². The highest BCUT2D eigenvalue weighted by molar-refractivity contribution is 6.32. The third-order valence-corrected chi connectivity index (χ3v) is 4.76. The van der Waals surface area contributed by atoms with Gasteiger partial charge in [-0.1, -0.05) is 23.7 Å². The number of nitrogen functional groups attached to an aromatic ring is 1. The lowest BCUT2D eigenvalue weighted by Gasteiger charge is -2.24. The number of nitrogens with two attached hydrogens (primary N) is 1. The van der Waals surface area contributed by atoms with Crippen LogP contribution in [-0.4, -0.2) is 58.5 Å². The molecule has 1 aliphatic rings. The molecule has 0 bridgehead atoms. The van der Waals surface area contributed by atoms with Crippen LogP contribution >= 0.6 is 11.6 Å². The van der Waals surface area contributed by atoms with E-state index in [1.807, 2.05) is 24.1 Å². The van der Waals surface area contributed by atoms with Crippen LogP contribution in [0.4, 0.5) is 5.82 Å². The van der Waals surface area contributed by atoms with Crippen molar-refractivity contribution < 1.29 is 9.53 Å². The number of amides is 1. The van der Waals surface area contributed by atoms with E-state index >= 15 is 0 Å². The molecule has 1 aliphatic heterocycles. The van der Waals surface area contributed by atoms with E-state index in [2.05, 4.69) is 14.9 Å². The number of ether oxygens (including phenoxy) is 1. The van der Waals surface area contributed by atoms with Crippen LogP contribution in [0.15, 0.2) is 36.5 Å². The van der Waals surface area contributed by atoms with Crippen molar-refractivity contribution in [2.45, 2.75) is 19.0 Å². The zero-order valence-corrected chi connectivity index (χ0v) is 15.4. The van der Waals surface area contributed by atoms with Gasteiger partial charge in [-0.2, -0.15) is 0 Å². The van der Waals surface area contributed by atoms with Gasteiger partial charge < -0.3 is 15.4 Å². The van der Waals surface area contributed by atoms with Crippen molar-refractivity contribution in [2.75, 3.05) is 32.5 Å². The predicted octanol–water partition coefficient (Wildman–Crippen LogP) is 1.82. The maximum atomic E-state index is 12.4. The average molecular weight is 376 g/mol. The molecule has 7 nitrogen and oxygen atoms in total. The Labute approximate surface area is 157 Å². The van der Waals surface area contributed by atoms with E-state index in [9.17, 15) is 4.79 Å². The van der Waals surface area contributed by atoms with Crippen molar-refractivity contribution in [3.05, 3.63) is 47.4 Å². The summed E-state index contributed by atoms with van der Waals surface area (Å²) in [5.74, 6) is 1.62.